The lowest BCUT2D eigenvalue weighted by atomic mass is 10.1. The van der Waals surface area contributed by atoms with Crippen LogP contribution in [0.4, 0.5) is 0 Å². The normalized spacial score (nSPS) is 12.2. The molecule has 5 heteroatoms. The van der Waals surface area contributed by atoms with E-state index in [0.29, 0.717) is 28.9 Å². The summed E-state index contributed by atoms with van der Waals surface area (Å²) in [7, 11) is 0. The van der Waals surface area contributed by atoms with Crippen molar-refractivity contribution in [1.29, 1.82) is 0 Å². The van der Waals surface area contributed by atoms with E-state index in [1.165, 1.54) is 0 Å². The standard InChI is InChI=1S/C12H14BrCl2NO/c1-8(4-5-14)7-16-12(17)10-6-9(15)2-3-11(10)13/h2-3,6,8H,4-5,7H2,1H3,(H,16,17). The van der Waals surface area contributed by atoms with E-state index in [1.807, 2.05) is 0 Å². The zero-order valence-electron chi connectivity index (χ0n) is 9.47. The number of carbonyl (C=O) groups excluding carboxylic acids is 1. The van der Waals surface area contributed by atoms with E-state index in [0.717, 1.165) is 10.9 Å². The lowest BCUT2D eigenvalue weighted by Crippen LogP contribution is -2.28. The van der Waals surface area contributed by atoms with Gasteiger partial charge < -0.3 is 5.32 Å². The van der Waals surface area contributed by atoms with Crippen LogP contribution in [0.2, 0.25) is 5.02 Å². The van der Waals surface area contributed by atoms with Gasteiger partial charge in [0.25, 0.3) is 5.91 Å². The molecule has 1 N–H and O–H groups in total. The SMILES string of the molecule is CC(CCCl)CNC(=O)c1cc(Cl)ccc1Br. The molecule has 0 aliphatic heterocycles. The molecule has 1 atom stereocenters. The van der Waals surface area contributed by atoms with Gasteiger partial charge in [0.2, 0.25) is 0 Å². The predicted octanol–water partition coefficient (Wildman–Crippen LogP) is 4.10. The first kappa shape index (κ1) is 14.8. The third-order valence-corrected chi connectivity index (χ3v) is 3.53. The Balaban J connectivity index is 2.61. The van der Waals surface area contributed by atoms with Gasteiger partial charge in [0.05, 0.1) is 5.56 Å². The third kappa shape index (κ3) is 4.86. The van der Waals surface area contributed by atoms with Crippen molar-refractivity contribution < 1.29 is 4.79 Å². The topological polar surface area (TPSA) is 29.1 Å². The lowest BCUT2D eigenvalue weighted by Gasteiger charge is -2.11. The number of alkyl halides is 1. The maximum absolute atomic E-state index is 11.9. The first-order chi connectivity index (χ1) is 8.04. The molecule has 1 amide bonds. The number of nitrogens with one attached hydrogen (secondary N) is 1. The zero-order chi connectivity index (χ0) is 12.8. The van der Waals surface area contributed by atoms with Gasteiger partial charge in [-0.3, -0.25) is 4.79 Å². The second-order valence-corrected chi connectivity index (χ2v) is 5.59. The summed E-state index contributed by atoms with van der Waals surface area (Å²) < 4.78 is 0.740. The molecule has 1 aromatic rings. The Morgan fingerprint density at radius 2 is 2.24 bits per heavy atom. The molecule has 0 fully saturated rings. The molecule has 0 saturated carbocycles. The van der Waals surface area contributed by atoms with Gasteiger partial charge in [0.15, 0.2) is 0 Å². The van der Waals surface area contributed by atoms with Crippen LogP contribution < -0.4 is 5.32 Å². The number of rotatable bonds is 5. The number of hydrogen-bond acceptors (Lipinski definition) is 1. The Morgan fingerprint density at radius 3 is 2.88 bits per heavy atom. The van der Waals surface area contributed by atoms with Gasteiger partial charge in [-0.05, 0) is 46.5 Å². The smallest absolute Gasteiger partial charge is 0.252 e. The van der Waals surface area contributed by atoms with Crippen molar-refractivity contribution in [1.82, 2.24) is 5.32 Å². The van der Waals surface area contributed by atoms with Crippen LogP contribution in [0.25, 0.3) is 0 Å². The van der Waals surface area contributed by atoms with Crippen molar-refractivity contribution in [2.45, 2.75) is 13.3 Å². The summed E-state index contributed by atoms with van der Waals surface area (Å²) in [5.74, 6) is 0.855. The highest BCUT2D eigenvalue weighted by Gasteiger charge is 2.11. The molecule has 1 aromatic carbocycles. The molecular weight excluding hydrogens is 325 g/mol. The first-order valence-electron chi connectivity index (χ1n) is 5.33. The number of benzene rings is 1. The fraction of sp³-hybridized carbons (Fsp3) is 0.417. The minimum Gasteiger partial charge on any atom is -0.352 e. The average molecular weight is 339 g/mol. The predicted molar refractivity (Wildman–Crippen MR) is 76.0 cm³/mol. The van der Waals surface area contributed by atoms with E-state index in [2.05, 4.69) is 28.2 Å². The lowest BCUT2D eigenvalue weighted by molar-refractivity contribution is 0.0947. The molecule has 0 radical (unpaired) electrons. The molecule has 0 heterocycles. The van der Waals surface area contributed by atoms with Crippen LogP contribution in [0.1, 0.15) is 23.7 Å². The van der Waals surface area contributed by atoms with Crippen LogP contribution >= 0.6 is 39.1 Å². The quantitative estimate of drug-likeness (QED) is 0.805. The molecule has 0 aromatic heterocycles. The van der Waals surface area contributed by atoms with Gasteiger partial charge in [-0.1, -0.05) is 18.5 Å². The molecule has 17 heavy (non-hydrogen) atoms. The van der Waals surface area contributed by atoms with E-state index in [4.69, 9.17) is 23.2 Å². The Morgan fingerprint density at radius 1 is 1.53 bits per heavy atom. The first-order valence-corrected chi connectivity index (χ1v) is 7.04. The molecule has 0 saturated heterocycles. The van der Waals surface area contributed by atoms with Crippen molar-refractivity contribution in [3.05, 3.63) is 33.3 Å². The van der Waals surface area contributed by atoms with Crippen molar-refractivity contribution in [2.75, 3.05) is 12.4 Å². The molecule has 0 aliphatic carbocycles. The highest BCUT2D eigenvalue weighted by Crippen LogP contribution is 2.21. The second kappa shape index (κ2) is 7.24. The molecule has 0 aliphatic rings. The highest BCUT2D eigenvalue weighted by atomic mass is 79.9. The van der Waals surface area contributed by atoms with Gasteiger partial charge in [0, 0.05) is 21.9 Å². The molecule has 0 bridgehead atoms. The number of carbonyl (C=O) groups is 1. The van der Waals surface area contributed by atoms with Gasteiger partial charge >= 0.3 is 0 Å². The van der Waals surface area contributed by atoms with E-state index < -0.39 is 0 Å². The van der Waals surface area contributed by atoms with E-state index in [1.54, 1.807) is 18.2 Å². The van der Waals surface area contributed by atoms with Gasteiger partial charge in [-0.15, -0.1) is 11.6 Å². The van der Waals surface area contributed by atoms with Crippen LogP contribution in [-0.2, 0) is 0 Å². The highest BCUT2D eigenvalue weighted by molar-refractivity contribution is 9.10. The maximum Gasteiger partial charge on any atom is 0.252 e. The summed E-state index contributed by atoms with van der Waals surface area (Å²) in [6, 6.07) is 5.14. The Labute approximate surface area is 120 Å². The summed E-state index contributed by atoms with van der Waals surface area (Å²) in [6.45, 7) is 2.67. The monoisotopic (exact) mass is 337 g/mol. The van der Waals surface area contributed by atoms with Gasteiger partial charge in [-0.25, -0.2) is 0 Å². The Hall–Kier alpha value is -0.250. The van der Waals surface area contributed by atoms with Crippen LogP contribution in [0.15, 0.2) is 22.7 Å². The minimum absolute atomic E-state index is 0.124. The molecular formula is C12H14BrCl2NO. The summed E-state index contributed by atoms with van der Waals surface area (Å²) in [5, 5.41) is 3.41. The third-order valence-electron chi connectivity index (χ3n) is 2.39. The van der Waals surface area contributed by atoms with Crippen LogP contribution in [0, 0.1) is 5.92 Å². The minimum atomic E-state index is -0.124. The van der Waals surface area contributed by atoms with Crippen LogP contribution in [-0.4, -0.2) is 18.3 Å². The fourth-order valence-electron chi connectivity index (χ4n) is 1.32. The Kier molecular flexibility index (Phi) is 6.31. The van der Waals surface area contributed by atoms with Crippen LogP contribution in [0.3, 0.4) is 0 Å². The molecule has 0 spiro atoms. The van der Waals surface area contributed by atoms with Crippen molar-refractivity contribution >= 4 is 45.0 Å². The van der Waals surface area contributed by atoms with Crippen molar-refractivity contribution in [3.8, 4) is 0 Å². The van der Waals surface area contributed by atoms with Crippen molar-refractivity contribution in [3.63, 3.8) is 0 Å². The molecule has 94 valence electrons. The maximum atomic E-state index is 11.9. The second-order valence-electron chi connectivity index (χ2n) is 3.92. The van der Waals surface area contributed by atoms with E-state index in [9.17, 15) is 4.79 Å². The van der Waals surface area contributed by atoms with E-state index >= 15 is 0 Å². The summed E-state index contributed by atoms with van der Waals surface area (Å²) in [5.41, 5.74) is 0.551. The Bertz CT molecular complexity index is 398. The zero-order valence-corrected chi connectivity index (χ0v) is 12.6. The summed E-state index contributed by atoms with van der Waals surface area (Å²) >= 11 is 14.8. The molecule has 2 nitrogen and oxygen atoms in total. The van der Waals surface area contributed by atoms with Crippen molar-refractivity contribution in [2.24, 2.45) is 5.92 Å². The largest absolute Gasteiger partial charge is 0.352 e. The molecule has 1 unspecified atom stereocenters. The number of hydrogen-bond donors (Lipinski definition) is 1. The van der Waals surface area contributed by atoms with E-state index in [-0.39, 0.29) is 5.91 Å². The number of halogens is 3. The fourth-order valence-corrected chi connectivity index (χ4v) is 2.29. The summed E-state index contributed by atoms with van der Waals surface area (Å²) in [4.78, 5) is 11.9. The average Bonchev–Trinajstić information content (AvgIpc) is 2.29. The summed E-state index contributed by atoms with van der Waals surface area (Å²) in [6.07, 6.45) is 0.887. The van der Waals surface area contributed by atoms with Gasteiger partial charge in [0.1, 0.15) is 0 Å². The van der Waals surface area contributed by atoms with Gasteiger partial charge in [-0.2, -0.15) is 0 Å². The number of amides is 1. The van der Waals surface area contributed by atoms with Crippen LogP contribution in [0.5, 0.6) is 0 Å². The molecule has 1 rings (SSSR count).